The predicted octanol–water partition coefficient (Wildman–Crippen LogP) is 1.75. The van der Waals surface area contributed by atoms with Crippen molar-refractivity contribution < 1.29 is 14.3 Å². The summed E-state index contributed by atoms with van der Waals surface area (Å²) in [4.78, 5) is 29.4. The average molecular weight is 399 g/mol. The summed E-state index contributed by atoms with van der Waals surface area (Å²) >= 11 is 7.37. The summed E-state index contributed by atoms with van der Waals surface area (Å²) in [5.41, 5.74) is 6.30. The van der Waals surface area contributed by atoms with E-state index in [1.54, 1.807) is 13.0 Å². The van der Waals surface area contributed by atoms with Gasteiger partial charge in [0.25, 0.3) is 0 Å². The summed E-state index contributed by atoms with van der Waals surface area (Å²) in [7, 11) is 0. The maximum Gasteiger partial charge on any atom is 0.325 e. The zero-order chi connectivity index (χ0) is 19.1. The van der Waals surface area contributed by atoms with Gasteiger partial charge in [-0.1, -0.05) is 22.9 Å². The van der Waals surface area contributed by atoms with Crippen molar-refractivity contribution in [3.63, 3.8) is 0 Å². The number of carbonyl (C=O) groups excluding carboxylic acids is 2. The van der Waals surface area contributed by atoms with Crippen LogP contribution in [-0.2, 0) is 22.6 Å². The summed E-state index contributed by atoms with van der Waals surface area (Å²) in [5.74, 6) is -0.293. The number of pyridine rings is 1. The lowest BCUT2D eigenvalue weighted by Gasteiger charge is -2.22. The van der Waals surface area contributed by atoms with Crippen LogP contribution in [0.1, 0.15) is 22.5 Å². The van der Waals surface area contributed by atoms with Gasteiger partial charge < -0.3 is 20.7 Å². The lowest BCUT2D eigenvalue weighted by atomic mass is 10.2. The number of aromatic nitrogens is 3. The van der Waals surface area contributed by atoms with Crippen LogP contribution in [0.3, 0.4) is 0 Å². The Hall–Kier alpha value is -2.46. The lowest BCUT2D eigenvalue weighted by molar-refractivity contribution is -0.141. The molecule has 11 heteroatoms. The van der Waals surface area contributed by atoms with E-state index < -0.39 is 12.0 Å². The molecule has 0 atom stereocenters. The minimum absolute atomic E-state index is 0.209. The highest BCUT2D eigenvalue weighted by Crippen LogP contribution is 2.19. The van der Waals surface area contributed by atoms with Crippen LogP contribution >= 0.6 is 22.9 Å². The molecule has 2 rings (SSSR count). The van der Waals surface area contributed by atoms with Crippen LogP contribution in [0.4, 0.5) is 10.6 Å². The topological polar surface area (TPSA) is 123 Å². The molecule has 0 spiro atoms. The molecule has 0 aliphatic carbocycles. The zero-order valence-electron chi connectivity index (χ0n) is 14.4. The quantitative estimate of drug-likeness (QED) is 0.681. The van der Waals surface area contributed by atoms with Crippen molar-refractivity contribution in [3.05, 3.63) is 32.9 Å². The van der Waals surface area contributed by atoms with Crippen LogP contribution in [0.15, 0.2) is 12.3 Å². The minimum atomic E-state index is -0.509. The summed E-state index contributed by atoms with van der Waals surface area (Å²) in [6.07, 6.45) is 1.54. The van der Waals surface area contributed by atoms with E-state index in [2.05, 4.69) is 20.5 Å². The molecule has 0 bridgehead atoms. The number of nitrogens with zero attached hydrogens (tertiary/aromatic N) is 4. The molecular formula is C15H19ClN6O3S. The average Bonchev–Trinajstić information content (AvgIpc) is 3.00. The molecule has 0 aromatic carbocycles. The van der Waals surface area contributed by atoms with Crippen molar-refractivity contribution in [1.82, 2.24) is 25.4 Å². The number of urea groups is 1. The molecule has 140 valence electrons. The Morgan fingerprint density at radius 3 is 2.77 bits per heavy atom. The number of nitrogens with two attached hydrogens (primary N) is 1. The highest BCUT2D eigenvalue weighted by molar-refractivity contribution is 7.11. The van der Waals surface area contributed by atoms with E-state index in [-0.39, 0.29) is 32.1 Å². The summed E-state index contributed by atoms with van der Waals surface area (Å²) in [6, 6.07) is 1.19. The van der Waals surface area contributed by atoms with Crippen molar-refractivity contribution in [2.45, 2.75) is 26.9 Å². The van der Waals surface area contributed by atoms with Crippen molar-refractivity contribution in [3.8, 4) is 0 Å². The molecule has 2 aromatic heterocycles. The standard InChI is InChI=1S/C15H19ClN6O3S/c1-3-25-13(23)6-19-15(24)22(8-12-21-20-9(2)26-12)7-10-4-11(16)14(17)18-5-10/h4-5H,3,6-8H2,1-2H3,(H2,17,18)(H,19,24). The number of hydrogen-bond acceptors (Lipinski definition) is 8. The van der Waals surface area contributed by atoms with Crippen LogP contribution < -0.4 is 11.1 Å². The molecule has 2 heterocycles. The van der Waals surface area contributed by atoms with Gasteiger partial charge in [-0.05, 0) is 25.5 Å². The Balaban J connectivity index is 2.10. The van der Waals surface area contributed by atoms with Gasteiger partial charge in [-0.3, -0.25) is 4.79 Å². The fraction of sp³-hybridized carbons (Fsp3) is 0.400. The first-order valence-corrected chi connectivity index (χ1v) is 8.95. The van der Waals surface area contributed by atoms with Crippen LogP contribution in [0.5, 0.6) is 0 Å². The Bertz CT molecular complexity index is 784. The number of rotatable bonds is 7. The van der Waals surface area contributed by atoms with Crippen LogP contribution in [0.25, 0.3) is 0 Å². The second-order valence-corrected chi connectivity index (χ2v) is 6.92. The van der Waals surface area contributed by atoms with Gasteiger partial charge in [-0.15, -0.1) is 10.2 Å². The number of hydrogen-bond donors (Lipinski definition) is 2. The number of halogens is 1. The molecule has 2 amide bonds. The van der Waals surface area contributed by atoms with E-state index >= 15 is 0 Å². The number of anilines is 1. The van der Waals surface area contributed by atoms with E-state index in [1.807, 2.05) is 6.92 Å². The maximum atomic E-state index is 12.5. The lowest BCUT2D eigenvalue weighted by Crippen LogP contribution is -2.41. The first-order chi connectivity index (χ1) is 12.4. The fourth-order valence-corrected chi connectivity index (χ4v) is 2.94. The van der Waals surface area contributed by atoms with Crippen LogP contribution in [-0.4, -0.2) is 45.2 Å². The molecule has 0 fully saturated rings. The third-order valence-electron chi connectivity index (χ3n) is 3.17. The molecule has 0 radical (unpaired) electrons. The molecule has 9 nitrogen and oxygen atoms in total. The van der Waals surface area contributed by atoms with E-state index in [4.69, 9.17) is 22.1 Å². The van der Waals surface area contributed by atoms with Gasteiger partial charge in [0.1, 0.15) is 22.4 Å². The summed E-state index contributed by atoms with van der Waals surface area (Å²) < 4.78 is 4.81. The number of carbonyl (C=O) groups is 2. The summed E-state index contributed by atoms with van der Waals surface area (Å²) in [5, 5.41) is 12.3. The van der Waals surface area contributed by atoms with E-state index in [0.717, 1.165) is 5.01 Å². The molecule has 26 heavy (non-hydrogen) atoms. The van der Waals surface area contributed by atoms with Gasteiger partial charge in [0, 0.05) is 12.7 Å². The highest BCUT2D eigenvalue weighted by atomic mass is 35.5. The molecule has 0 aliphatic heterocycles. The van der Waals surface area contributed by atoms with Crippen LogP contribution in [0.2, 0.25) is 5.02 Å². The molecule has 0 saturated heterocycles. The second kappa shape index (κ2) is 9.30. The molecule has 0 aliphatic rings. The van der Waals surface area contributed by atoms with Crippen molar-refractivity contribution >= 4 is 40.8 Å². The van der Waals surface area contributed by atoms with E-state index in [9.17, 15) is 9.59 Å². The number of esters is 1. The third-order valence-corrected chi connectivity index (χ3v) is 4.30. The van der Waals surface area contributed by atoms with Gasteiger partial charge in [0.2, 0.25) is 0 Å². The summed E-state index contributed by atoms with van der Waals surface area (Å²) in [6.45, 7) is 3.98. The van der Waals surface area contributed by atoms with Crippen molar-refractivity contribution in [2.24, 2.45) is 0 Å². The van der Waals surface area contributed by atoms with Gasteiger partial charge in [0.05, 0.1) is 18.2 Å². The Morgan fingerprint density at radius 2 is 2.15 bits per heavy atom. The third kappa shape index (κ3) is 5.81. The number of ether oxygens (including phenoxy) is 1. The number of nitrogen functional groups attached to an aromatic ring is 1. The Labute approximate surface area is 159 Å². The van der Waals surface area contributed by atoms with Gasteiger partial charge in [0.15, 0.2) is 0 Å². The maximum absolute atomic E-state index is 12.5. The molecular weight excluding hydrogens is 380 g/mol. The first-order valence-electron chi connectivity index (χ1n) is 7.76. The predicted molar refractivity (Wildman–Crippen MR) is 97.6 cm³/mol. The molecule has 2 aromatic rings. The van der Waals surface area contributed by atoms with Crippen molar-refractivity contribution in [2.75, 3.05) is 18.9 Å². The molecule has 3 N–H and O–H groups in total. The first kappa shape index (κ1) is 19.9. The smallest absolute Gasteiger partial charge is 0.325 e. The SMILES string of the molecule is CCOC(=O)CNC(=O)N(Cc1cnc(N)c(Cl)c1)Cc1nnc(C)s1. The van der Waals surface area contributed by atoms with Gasteiger partial charge >= 0.3 is 12.0 Å². The zero-order valence-corrected chi connectivity index (χ0v) is 15.9. The van der Waals surface area contributed by atoms with E-state index in [0.29, 0.717) is 15.6 Å². The number of aryl methyl sites for hydroxylation is 1. The minimum Gasteiger partial charge on any atom is -0.465 e. The van der Waals surface area contributed by atoms with Gasteiger partial charge in [-0.25, -0.2) is 9.78 Å². The molecule has 0 unspecified atom stereocenters. The van der Waals surface area contributed by atoms with E-state index in [1.165, 1.54) is 22.4 Å². The normalized spacial score (nSPS) is 10.4. The van der Waals surface area contributed by atoms with Crippen LogP contribution in [0, 0.1) is 6.92 Å². The second-order valence-electron chi connectivity index (χ2n) is 5.25. The Morgan fingerprint density at radius 1 is 1.38 bits per heavy atom. The molecule has 0 saturated carbocycles. The van der Waals surface area contributed by atoms with Gasteiger partial charge in [-0.2, -0.15) is 0 Å². The number of nitrogens with one attached hydrogen (secondary N) is 1. The Kier molecular flexibility index (Phi) is 7.10. The fourth-order valence-electron chi connectivity index (χ4n) is 2.03. The monoisotopic (exact) mass is 398 g/mol. The highest BCUT2D eigenvalue weighted by Gasteiger charge is 2.18. The largest absolute Gasteiger partial charge is 0.465 e. The number of amides is 2. The van der Waals surface area contributed by atoms with Crippen molar-refractivity contribution in [1.29, 1.82) is 0 Å².